The van der Waals surface area contributed by atoms with E-state index in [1.165, 1.54) is 12.1 Å². The molecule has 2 heterocycles. The third kappa shape index (κ3) is 2.59. The minimum absolute atomic E-state index is 0.227. The Morgan fingerprint density at radius 1 is 1.50 bits per heavy atom. The maximum atomic E-state index is 10.6. The van der Waals surface area contributed by atoms with Crippen LogP contribution in [0.1, 0.15) is 12.7 Å². The fourth-order valence-corrected chi connectivity index (χ4v) is 1.68. The highest BCUT2D eigenvalue weighted by molar-refractivity contribution is 6.06. The molecule has 0 saturated heterocycles. The van der Waals surface area contributed by atoms with Gasteiger partial charge in [-0.15, -0.1) is 0 Å². The maximum Gasteiger partial charge on any atom is 0.433 e. The number of amidine groups is 1. The van der Waals surface area contributed by atoms with Gasteiger partial charge >= 0.3 is 5.88 Å². The van der Waals surface area contributed by atoms with Gasteiger partial charge in [-0.25, -0.2) is 9.98 Å². The quantitative estimate of drug-likeness (QED) is 0.658. The summed E-state index contributed by atoms with van der Waals surface area (Å²) < 4.78 is 5.05. The summed E-state index contributed by atoms with van der Waals surface area (Å²) in [5, 5.41) is 10.6. The van der Waals surface area contributed by atoms with E-state index >= 15 is 0 Å². The average Bonchev–Trinajstić information content (AvgIpc) is 2.87. The molecule has 1 aromatic rings. The predicted octanol–water partition coefficient (Wildman–Crippen LogP) is 1.14. The molecule has 0 saturated carbocycles. The zero-order valence-corrected chi connectivity index (χ0v) is 11.4. The molecule has 20 heavy (non-hydrogen) atoms. The minimum atomic E-state index is -0.613. The highest BCUT2D eigenvalue weighted by atomic mass is 16.6. The van der Waals surface area contributed by atoms with Crippen LogP contribution in [-0.4, -0.2) is 42.1 Å². The van der Waals surface area contributed by atoms with Gasteiger partial charge in [0.2, 0.25) is 0 Å². The number of nitro groups is 1. The van der Waals surface area contributed by atoms with Crippen LogP contribution >= 0.6 is 0 Å². The summed E-state index contributed by atoms with van der Waals surface area (Å²) >= 11 is 0. The average molecular weight is 277 g/mol. The summed E-state index contributed by atoms with van der Waals surface area (Å²) in [4.78, 5) is 20.2. The molecule has 2 N–H and O–H groups in total. The number of aliphatic imine (C=N–C) groups is 2. The van der Waals surface area contributed by atoms with Crippen LogP contribution < -0.4 is 5.73 Å². The smallest absolute Gasteiger partial charge is 0.397 e. The van der Waals surface area contributed by atoms with Gasteiger partial charge in [0, 0.05) is 31.6 Å². The largest absolute Gasteiger partial charge is 0.433 e. The molecule has 0 aliphatic carbocycles. The fraction of sp³-hybridized carbons (Fsp3) is 0.333. The molecule has 106 valence electrons. The number of nitrogens with two attached hydrogens (primary N) is 1. The highest BCUT2D eigenvalue weighted by Gasteiger charge is 2.21. The summed E-state index contributed by atoms with van der Waals surface area (Å²) in [5.74, 6) is 0.128. The van der Waals surface area contributed by atoms with Crippen molar-refractivity contribution in [2.75, 3.05) is 14.1 Å². The van der Waals surface area contributed by atoms with Crippen molar-refractivity contribution in [3.05, 3.63) is 39.3 Å². The summed E-state index contributed by atoms with van der Waals surface area (Å²) in [6, 6.07) is 2.71. The van der Waals surface area contributed by atoms with E-state index in [9.17, 15) is 10.1 Å². The molecule has 1 aromatic heterocycles. The van der Waals surface area contributed by atoms with E-state index in [2.05, 4.69) is 9.98 Å². The van der Waals surface area contributed by atoms with Crippen molar-refractivity contribution in [1.82, 2.24) is 4.90 Å². The molecule has 1 unspecified atom stereocenters. The molecule has 0 spiro atoms. The molecule has 0 bridgehead atoms. The van der Waals surface area contributed by atoms with Crippen molar-refractivity contribution in [2.24, 2.45) is 15.7 Å². The number of allylic oxidation sites excluding steroid dienone is 1. The maximum absolute atomic E-state index is 10.6. The second kappa shape index (κ2) is 5.25. The number of furan rings is 1. The number of hydrogen-bond acceptors (Lipinski definition) is 7. The monoisotopic (exact) mass is 277 g/mol. The van der Waals surface area contributed by atoms with Crippen LogP contribution in [-0.2, 0) is 0 Å². The molecule has 1 atom stereocenters. The Hall–Kier alpha value is -2.48. The zero-order valence-electron chi connectivity index (χ0n) is 11.4. The lowest BCUT2D eigenvalue weighted by molar-refractivity contribution is -0.402. The van der Waals surface area contributed by atoms with Crippen molar-refractivity contribution < 1.29 is 9.34 Å². The van der Waals surface area contributed by atoms with Gasteiger partial charge in [-0.05, 0) is 13.0 Å². The molecule has 1 aliphatic heterocycles. The van der Waals surface area contributed by atoms with E-state index in [4.69, 9.17) is 10.2 Å². The Morgan fingerprint density at radius 3 is 2.70 bits per heavy atom. The first-order valence-electron chi connectivity index (χ1n) is 5.90. The second-order valence-corrected chi connectivity index (χ2v) is 4.49. The third-order valence-electron chi connectivity index (χ3n) is 2.99. The van der Waals surface area contributed by atoms with Crippen LogP contribution in [0.25, 0.3) is 0 Å². The van der Waals surface area contributed by atoms with Gasteiger partial charge in [-0.1, -0.05) is 0 Å². The highest BCUT2D eigenvalue weighted by Crippen LogP contribution is 2.20. The van der Waals surface area contributed by atoms with Gasteiger partial charge in [-0.2, -0.15) is 0 Å². The molecule has 0 amide bonds. The molecular weight excluding hydrogens is 262 g/mol. The molecule has 0 fully saturated rings. The zero-order chi connectivity index (χ0) is 14.9. The second-order valence-electron chi connectivity index (χ2n) is 4.49. The van der Waals surface area contributed by atoms with Crippen molar-refractivity contribution in [2.45, 2.75) is 13.1 Å². The van der Waals surface area contributed by atoms with Crippen LogP contribution in [0, 0.1) is 10.1 Å². The van der Waals surface area contributed by atoms with Crippen molar-refractivity contribution in [1.29, 1.82) is 0 Å². The lowest BCUT2D eigenvalue weighted by atomic mass is 10.1. The van der Waals surface area contributed by atoms with Gasteiger partial charge in [0.05, 0.1) is 6.07 Å². The minimum Gasteiger partial charge on any atom is -0.397 e. The number of nitrogens with zero attached hydrogens (tertiary/aromatic N) is 4. The van der Waals surface area contributed by atoms with Gasteiger partial charge in [-0.3, -0.25) is 10.1 Å². The Bertz CT molecular complexity index is 627. The van der Waals surface area contributed by atoms with Gasteiger partial charge < -0.3 is 15.1 Å². The summed E-state index contributed by atoms with van der Waals surface area (Å²) in [5.41, 5.74) is 7.72. The molecule has 0 aromatic carbocycles. The van der Waals surface area contributed by atoms with Crippen LogP contribution in [0.3, 0.4) is 0 Å². The molecule has 2 rings (SSSR count). The third-order valence-corrected chi connectivity index (χ3v) is 2.99. The van der Waals surface area contributed by atoms with E-state index in [-0.39, 0.29) is 17.5 Å². The lowest BCUT2D eigenvalue weighted by Crippen LogP contribution is -2.29. The predicted molar refractivity (Wildman–Crippen MR) is 74.8 cm³/mol. The van der Waals surface area contributed by atoms with Crippen molar-refractivity contribution in [3.8, 4) is 0 Å². The standard InChI is InChI=1S/C12H15N5O3/c1-7(16(2)3)8-6-14-12(15-11(8)13)9-4-5-10(20-9)17(18)19/h4-6,11H,13H2,1-3H3. The van der Waals surface area contributed by atoms with E-state index in [0.29, 0.717) is 0 Å². The normalized spacial score (nSPS) is 20.6. The lowest BCUT2D eigenvalue weighted by Gasteiger charge is -2.21. The Kier molecular flexibility index (Phi) is 3.66. The first-order valence-corrected chi connectivity index (χ1v) is 5.90. The van der Waals surface area contributed by atoms with Crippen molar-refractivity contribution >= 4 is 17.9 Å². The molecular formula is C12H15N5O3. The summed E-state index contributed by atoms with van der Waals surface area (Å²) in [7, 11) is 3.80. The molecule has 8 nitrogen and oxygen atoms in total. The van der Waals surface area contributed by atoms with Gasteiger partial charge in [0.15, 0.2) is 11.6 Å². The number of hydrogen-bond donors (Lipinski definition) is 1. The molecule has 8 heteroatoms. The van der Waals surface area contributed by atoms with Crippen LogP contribution in [0.5, 0.6) is 0 Å². The summed E-state index contributed by atoms with van der Waals surface area (Å²) in [6.45, 7) is 1.92. The first-order chi connectivity index (χ1) is 9.40. The topological polar surface area (TPSA) is 110 Å². The summed E-state index contributed by atoms with van der Waals surface area (Å²) in [6.07, 6.45) is 1.03. The van der Waals surface area contributed by atoms with Crippen LogP contribution in [0.15, 0.2) is 37.8 Å². The Morgan fingerprint density at radius 2 is 2.20 bits per heavy atom. The first kappa shape index (κ1) is 13.9. The molecule has 1 aliphatic rings. The van der Waals surface area contributed by atoms with E-state index in [0.717, 1.165) is 11.3 Å². The van der Waals surface area contributed by atoms with Gasteiger partial charge in [0.25, 0.3) is 0 Å². The fourth-order valence-electron chi connectivity index (χ4n) is 1.68. The Labute approximate surface area is 115 Å². The SMILES string of the molecule is CC(=C1C=NC(c2ccc([N+](=O)[O-])o2)=NC1N)N(C)C. The van der Waals surface area contributed by atoms with E-state index < -0.39 is 11.1 Å². The number of rotatable bonds is 3. The van der Waals surface area contributed by atoms with Crippen LogP contribution in [0.4, 0.5) is 5.88 Å². The van der Waals surface area contributed by atoms with Crippen LogP contribution in [0.2, 0.25) is 0 Å². The van der Waals surface area contributed by atoms with Gasteiger partial charge in [0.1, 0.15) is 11.1 Å². The van der Waals surface area contributed by atoms with Crippen molar-refractivity contribution in [3.63, 3.8) is 0 Å². The van der Waals surface area contributed by atoms with E-state index in [1.807, 2.05) is 25.9 Å². The molecule has 0 radical (unpaired) electrons. The Balaban J connectivity index is 2.30. The van der Waals surface area contributed by atoms with E-state index in [1.54, 1.807) is 6.21 Å².